The predicted octanol–water partition coefficient (Wildman–Crippen LogP) is -0.225. The molecule has 1 aromatic rings. The molecule has 0 saturated heterocycles. The maximum atomic E-state index is 11.7. The van der Waals surface area contributed by atoms with E-state index >= 15 is 0 Å². The number of hydrogen-bond acceptors (Lipinski definition) is 5. The van der Waals surface area contributed by atoms with Gasteiger partial charge in [-0.2, -0.15) is 5.10 Å². The second kappa shape index (κ2) is 5.79. The van der Waals surface area contributed by atoms with Crippen LogP contribution in [-0.2, 0) is 6.54 Å². The summed E-state index contributed by atoms with van der Waals surface area (Å²) in [6.07, 6.45) is 2.07. The van der Waals surface area contributed by atoms with Crippen LogP contribution < -0.4 is 16.6 Å². The van der Waals surface area contributed by atoms with Crippen LogP contribution in [0.1, 0.15) is 20.3 Å². The van der Waals surface area contributed by atoms with Gasteiger partial charge in [0.2, 0.25) is 0 Å². The van der Waals surface area contributed by atoms with E-state index in [0.29, 0.717) is 31.7 Å². The number of rotatable bonds is 6. The lowest BCUT2D eigenvalue weighted by atomic mass is 10.1. The zero-order chi connectivity index (χ0) is 12.9. The number of nitrogens with zero attached hydrogens (tertiary/aromatic N) is 2. The molecule has 0 fully saturated rings. The van der Waals surface area contributed by atoms with Gasteiger partial charge in [-0.1, -0.05) is 0 Å². The molecule has 0 saturated carbocycles. The number of nitrogens with two attached hydrogens (primary N) is 1. The minimum absolute atomic E-state index is 0.184. The minimum atomic E-state index is -0.794. The van der Waals surface area contributed by atoms with Gasteiger partial charge in [0.15, 0.2) is 0 Å². The Hall–Kier alpha value is -1.40. The Kier molecular flexibility index (Phi) is 4.65. The van der Waals surface area contributed by atoms with E-state index in [9.17, 15) is 9.90 Å². The number of aromatic nitrogens is 2. The first kappa shape index (κ1) is 13.7. The normalized spacial score (nSPS) is 11.5. The molecule has 0 spiro atoms. The Morgan fingerprint density at radius 1 is 1.59 bits per heavy atom. The number of aliphatic hydroxyl groups is 1. The molecule has 6 nitrogen and oxygen atoms in total. The zero-order valence-electron chi connectivity index (χ0n) is 10.3. The summed E-state index contributed by atoms with van der Waals surface area (Å²) in [6, 6.07) is 1.48. The van der Waals surface area contributed by atoms with Crippen LogP contribution in [0.4, 0.5) is 5.69 Å². The van der Waals surface area contributed by atoms with E-state index in [0.717, 1.165) is 0 Å². The van der Waals surface area contributed by atoms with Gasteiger partial charge in [-0.3, -0.25) is 4.79 Å². The molecule has 1 rings (SSSR count). The van der Waals surface area contributed by atoms with E-state index in [1.54, 1.807) is 20.0 Å². The van der Waals surface area contributed by atoms with Crippen molar-refractivity contribution in [2.24, 2.45) is 5.73 Å². The first-order valence-electron chi connectivity index (χ1n) is 5.66. The average molecular weight is 240 g/mol. The van der Waals surface area contributed by atoms with Gasteiger partial charge in [0.25, 0.3) is 5.56 Å². The third-order valence-corrected chi connectivity index (χ3v) is 2.28. The van der Waals surface area contributed by atoms with Crippen molar-refractivity contribution >= 4 is 5.69 Å². The monoisotopic (exact) mass is 240 g/mol. The van der Waals surface area contributed by atoms with Gasteiger partial charge in [0.1, 0.15) is 0 Å². The highest BCUT2D eigenvalue weighted by Gasteiger charge is 2.12. The van der Waals surface area contributed by atoms with Crippen molar-refractivity contribution in [3.63, 3.8) is 0 Å². The van der Waals surface area contributed by atoms with E-state index in [1.807, 2.05) is 0 Å². The number of nitrogens with one attached hydrogen (secondary N) is 1. The SMILES string of the molecule is CC(C)(O)CCn1ncc(NCCN)cc1=O. The van der Waals surface area contributed by atoms with Crippen molar-refractivity contribution in [3.05, 3.63) is 22.6 Å². The summed E-state index contributed by atoms with van der Waals surface area (Å²) in [5.41, 5.74) is 5.03. The number of aryl methyl sites for hydroxylation is 1. The quantitative estimate of drug-likeness (QED) is 0.639. The van der Waals surface area contributed by atoms with Crippen LogP contribution in [0, 0.1) is 0 Å². The molecule has 0 radical (unpaired) electrons. The van der Waals surface area contributed by atoms with Crippen LogP contribution in [0.3, 0.4) is 0 Å². The summed E-state index contributed by atoms with van der Waals surface area (Å²) in [6.45, 7) is 4.92. The fraction of sp³-hybridized carbons (Fsp3) is 0.636. The van der Waals surface area contributed by atoms with E-state index in [4.69, 9.17) is 5.73 Å². The first-order chi connectivity index (χ1) is 7.92. The molecule has 0 unspecified atom stereocenters. The van der Waals surface area contributed by atoms with E-state index < -0.39 is 5.60 Å². The van der Waals surface area contributed by atoms with Gasteiger partial charge in [-0.05, 0) is 20.3 Å². The lowest BCUT2D eigenvalue weighted by molar-refractivity contribution is 0.0646. The number of anilines is 1. The third-order valence-electron chi connectivity index (χ3n) is 2.28. The Morgan fingerprint density at radius 2 is 2.29 bits per heavy atom. The lowest BCUT2D eigenvalue weighted by Gasteiger charge is -2.16. The van der Waals surface area contributed by atoms with E-state index in [2.05, 4.69) is 10.4 Å². The standard InChI is InChI=1S/C11H20N4O2/c1-11(2,17)3-6-15-10(16)7-9(8-14-15)13-5-4-12/h7-8,13,17H,3-6,12H2,1-2H3. The molecule has 6 heteroatoms. The summed E-state index contributed by atoms with van der Waals surface area (Å²) in [5, 5.41) is 16.6. The lowest BCUT2D eigenvalue weighted by Crippen LogP contribution is -2.28. The molecule has 96 valence electrons. The molecule has 1 aromatic heterocycles. The van der Waals surface area contributed by atoms with Crippen molar-refractivity contribution in [1.29, 1.82) is 0 Å². The van der Waals surface area contributed by atoms with Crippen molar-refractivity contribution in [2.75, 3.05) is 18.4 Å². The Morgan fingerprint density at radius 3 is 2.82 bits per heavy atom. The van der Waals surface area contributed by atoms with Gasteiger partial charge >= 0.3 is 0 Å². The van der Waals surface area contributed by atoms with Crippen LogP contribution in [0.15, 0.2) is 17.1 Å². The minimum Gasteiger partial charge on any atom is -0.390 e. The molecule has 0 amide bonds. The second-order valence-electron chi connectivity index (χ2n) is 4.58. The van der Waals surface area contributed by atoms with Gasteiger partial charge in [0.05, 0.1) is 17.5 Å². The van der Waals surface area contributed by atoms with Crippen LogP contribution in [-0.4, -0.2) is 33.6 Å². The molecular weight excluding hydrogens is 220 g/mol. The maximum Gasteiger partial charge on any atom is 0.268 e. The summed E-state index contributed by atoms with van der Waals surface area (Å²) >= 11 is 0. The summed E-state index contributed by atoms with van der Waals surface area (Å²) in [7, 11) is 0. The molecule has 0 aliphatic carbocycles. The highest BCUT2D eigenvalue weighted by atomic mass is 16.3. The topological polar surface area (TPSA) is 93.2 Å². The van der Waals surface area contributed by atoms with Crippen LogP contribution in [0.2, 0.25) is 0 Å². The summed E-state index contributed by atoms with van der Waals surface area (Å²) in [5.74, 6) is 0. The molecule has 0 aromatic carbocycles. The van der Waals surface area contributed by atoms with Gasteiger partial charge in [0, 0.05) is 25.7 Å². The fourth-order valence-corrected chi connectivity index (χ4v) is 1.29. The Labute approximate surface area is 100 Å². The molecule has 0 atom stereocenters. The predicted molar refractivity (Wildman–Crippen MR) is 67.0 cm³/mol. The molecule has 0 aliphatic rings. The fourth-order valence-electron chi connectivity index (χ4n) is 1.29. The van der Waals surface area contributed by atoms with Gasteiger partial charge in [-0.15, -0.1) is 0 Å². The Balaban J connectivity index is 2.66. The average Bonchev–Trinajstić information content (AvgIpc) is 2.23. The van der Waals surface area contributed by atoms with E-state index in [-0.39, 0.29) is 5.56 Å². The van der Waals surface area contributed by atoms with Crippen molar-refractivity contribution in [3.8, 4) is 0 Å². The first-order valence-corrected chi connectivity index (χ1v) is 5.66. The van der Waals surface area contributed by atoms with Crippen LogP contribution in [0.25, 0.3) is 0 Å². The van der Waals surface area contributed by atoms with E-state index in [1.165, 1.54) is 10.7 Å². The van der Waals surface area contributed by atoms with Crippen molar-refractivity contribution in [1.82, 2.24) is 9.78 Å². The smallest absolute Gasteiger partial charge is 0.268 e. The molecular formula is C11H20N4O2. The summed E-state index contributed by atoms with van der Waals surface area (Å²) < 4.78 is 1.34. The van der Waals surface area contributed by atoms with Crippen LogP contribution >= 0.6 is 0 Å². The second-order valence-corrected chi connectivity index (χ2v) is 4.58. The largest absolute Gasteiger partial charge is 0.390 e. The molecule has 0 aliphatic heterocycles. The molecule has 0 bridgehead atoms. The zero-order valence-corrected chi connectivity index (χ0v) is 10.3. The highest BCUT2D eigenvalue weighted by molar-refractivity contribution is 5.38. The maximum absolute atomic E-state index is 11.7. The van der Waals surface area contributed by atoms with Crippen LogP contribution in [0.5, 0.6) is 0 Å². The molecule has 1 heterocycles. The van der Waals surface area contributed by atoms with Crippen molar-refractivity contribution < 1.29 is 5.11 Å². The van der Waals surface area contributed by atoms with Crippen molar-refractivity contribution in [2.45, 2.75) is 32.4 Å². The molecule has 4 N–H and O–H groups in total. The number of hydrogen-bond donors (Lipinski definition) is 3. The van der Waals surface area contributed by atoms with Gasteiger partial charge < -0.3 is 16.2 Å². The summed E-state index contributed by atoms with van der Waals surface area (Å²) in [4.78, 5) is 11.7. The van der Waals surface area contributed by atoms with Gasteiger partial charge in [-0.25, -0.2) is 4.68 Å². The highest BCUT2D eigenvalue weighted by Crippen LogP contribution is 2.07. The molecule has 17 heavy (non-hydrogen) atoms. The third kappa shape index (κ3) is 4.97. The Bertz CT molecular complexity index is 409.